The van der Waals surface area contributed by atoms with E-state index in [1.807, 2.05) is 0 Å². The number of piperidine rings is 2. The largest absolute Gasteiger partial charge is 0.341 e. The van der Waals surface area contributed by atoms with Crippen LogP contribution in [0.4, 0.5) is 0 Å². The molecular formula is C14H26N2O. The number of carbonyl (C=O) groups excluding carboxylic acids is 1. The molecule has 1 N–H and O–H groups in total. The molecule has 98 valence electrons. The van der Waals surface area contributed by atoms with Gasteiger partial charge in [-0.2, -0.15) is 0 Å². The van der Waals surface area contributed by atoms with Crippen LogP contribution in [0.2, 0.25) is 0 Å². The third-order valence-corrected chi connectivity index (χ3v) is 4.47. The SMILES string of the molecule is CC1CCN(C(=O)C2NCCCC2(C)C)CC1. The second-order valence-electron chi connectivity index (χ2n) is 6.49. The maximum atomic E-state index is 12.5. The summed E-state index contributed by atoms with van der Waals surface area (Å²) in [6.07, 6.45) is 4.67. The smallest absolute Gasteiger partial charge is 0.240 e. The van der Waals surface area contributed by atoms with Crippen molar-refractivity contribution in [3.63, 3.8) is 0 Å². The fourth-order valence-corrected chi connectivity index (χ4v) is 3.04. The molecule has 0 bridgehead atoms. The van der Waals surface area contributed by atoms with Crippen molar-refractivity contribution < 1.29 is 4.79 Å². The molecule has 2 rings (SSSR count). The molecule has 0 aromatic heterocycles. The Balaban J connectivity index is 1.99. The summed E-state index contributed by atoms with van der Waals surface area (Å²) >= 11 is 0. The summed E-state index contributed by atoms with van der Waals surface area (Å²) in [5.41, 5.74) is 0.110. The highest BCUT2D eigenvalue weighted by Gasteiger charge is 2.39. The molecule has 0 saturated carbocycles. The van der Waals surface area contributed by atoms with Gasteiger partial charge in [0.2, 0.25) is 5.91 Å². The molecule has 1 atom stereocenters. The summed E-state index contributed by atoms with van der Waals surface area (Å²) in [7, 11) is 0. The standard InChI is InChI=1S/C14H26N2O/c1-11-5-9-16(10-6-11)13(17)12-14(2,3)7-4-8-15-12/h11-12,15H,4-10H2,1-3H3. The lowest BCUT2D eigenvalue weighted by molar-refractivity contribution is -0.138. The predicted molar refractivity (Wildman–Crippen MR) is 69.8 cm³/mol. The number of hydrogen-bond donors (Lipinski definition) is 1. The number of nitrogens with one attached hydrogen (secondary N) is 1. The van der Waals surface area contributed by atoms with Crippen LogP contribution in [0, 0.1) is 11.3 Å². The molecule has 2 saturated heterocycles. The second kappa shape index (κ2) is 4.97. The minimum absolute atomic E-state index is 0.0321. The minimum Gasteiger partial charge on any atom is -0.341 e. The monoisotopic (exact) mass is 238 g/mol. The lowest BCUT2D eigenvalue weighted by Crippen LogP contribution is -2.57. The Hall–Kier alpha value is -0.570. The van der Waals surface area contributed by atoms with E-state index in [2.05, 4.69) is 31.0 Å². The van der Waals surface area contributed by atoms with Gasteiger partial charge in [-0.25, -0.2) is 0 Å². The van der Waals surface area contributed by atoms with E-state index in [1.165, 1.54) is 19.3 Å². The number of rotatable bonds is 1. The van der Waals surface area contributed by atoms with E-state index in [9.17, 15) is 4.79 Å². The fourth-order valence-electron chi connectivity index (χ4n) is 3.04. The number of amides is 1. The Morgan fingerprint density at radius 1 is 1.29 bits per heavy atom. The van der Waals surface area contributed by atoms with Gasteiger partial charge in [0.1, 0.15) is 0 Å². The summed E-state index contributed by atoms with van der Waals surface area (Å²) in [4.78, 5) is 14.6. The fraction of sp³-hybridized carbons (Fsp3) is 0.929. The lowest BCUT2D eigenvalue weighted by Gasteiger charge is -2.42. The molecule has 2 aliphatic heterocycles. The van der Waals surface area contributed by atoms with Gasteiger partial charge in [-0.05, 0) is 43.6 Å². The van der Waals surface area contributed by atoms with Crippen LogP contribution in [0.1, 0.15) is 46.5 Å². The predicted octanol–water partition coefficient (Wildman–Crippen LogP) is 2.02. The first kappa shape index (κ1) is 12.9. The van der Waals surface area contributed by atoms with Crippen LogP contribution in [0.5, 0.6) is 0 Å². The number of nitrogens with zero attached hydrogens (tertiary/aromatic N) is 1. The summed E-state index contributed by atoms with van der Waals surface area (Å²) in [5, 5.41) is 3.43. The molecule has 0 aromatic rings. The van der Waals surface area contributed by atoms with Gasteiger partial charge in [0.25, 0.3) is 0 Å². The zero-order valence-corrected chi connectivity index (χ0v) is 11.5. The van der Waals surface area contributed by atoms with Crippen molar-refractivity contribution in [2.24, 2.45) is 11.3 Å². The molecule has 0 aliphatic carbocycles. The molecule has 0 spiro atoms. The van der Waals surface area contributed by atoms with Crippen LogP contribution in [0.15, 0.2) is 0 Å². The topological polar surface area (TPSA) is 32.3 Å². The van der Waals surface area contributed by atoms with E-state index in [0.29, 0.717) is 5.91 Å². The first-order valence-corrected chi connectivity index (χ1v) is 7.03. The lowest BCUT2D eigenvalue weighted by atomic mass is 9.76. The van der Waals surface area contributed by atoms with Gasteiger partial charge in [-0.3, -0.25) is 4.79 Å². The first-order chi connectivity index (χ1) is 8.00. The highest BCUT2D eigenvalue weighted by atomic mass is 16.2. The van der Waals surface area contributed by atoms with Crippen molar-refractivity contribution in [3.05, 3.63) is 0 Å². The molecule has 2 aliphatic rings. The van der Waals surface area contributed by atoms with Crippen molar-refractivity contribution in [3.8, 4) is 0 Å². The van der Waals surface area contributed by atoms with Crippen molar-refractivity contribution >= 4 is 5.91 Å². The summed E-state index contributed by atoms with van der Waals surface area (Å²) in [6.45, 7) is 9.61. The van der Waals surface area contributed by atoms with Crippen LogP contribution in [0.3, 0.4) is 0 Å². The molecule has 17 heavy (non-hydrogen) atoms. The third kappa shape index (κ3) is 2.82. The molecular weight excluding hydrogens is 212 g/mol. The van der Waals surface area contributed by atoms with Gasteiger partial charge in [0.15, 0.2) is 0 Å². The summed E-state index contributed by atoms with van der Waals surface area (Å²) in [5.74, 6) is 1.12. The van der Waals surface area contributed by atoms with Crippen LogP contribution >= 0.6 is 0 Å². The van der Waals surface area contributed by atoms with E-state index >= 15 is 0 Å². The normalized spacial score (nSPS) is 30.3. The Kier molecular flexibility index (Phi) is 3.76. The van der Waals surface area contributed by atoms with Crippen molar-refractivity contribution in [1.29, 1.82) is 0 Å². The van der Waals surface area contributed by atoms with Gasteiger partial charge in [0.05, 0.1) is 6.04 Å². The van der Waals surface area contributed by atoms with E-state index in [4.69, 9.17) is 0 Å². The minimum atomic E-state index is 0.0321. The van der Waals surface area contributed by atoms with Gasteiger partial charge in [-0.15, -0.1) is 0 Å². The molecule has 3 nitrogen and oxygen atoms in total. The van der Waals surface area contributed by atoms with E-state index in [0.717, 1.165) is 32.0 Å². The number of likely N-dealkylation sites (tertiary alicyclic amines) is 1. The van der Waals surface area contributed by atoms with Crippen LogP contribution in [0.25, 0.3) is 0 Å². The van der Waals surface area contributed by atoms with Crippen molar-refractivity contribution in [1.82, 2.24) is 10.2 Å². The Bertz CT molecular complexity index is 280. The molecule has 2 heterocycles. The summed E-state index contributed by atoms with van der Waals surface area (Å²) in [6, 6.07) is 0.0321. The van der Waals surface area contributed by atoms with Gasteiger partial charge < -0.3 is 10.2 Å². The summed E-state index contributed by atoms with van der Waals surface area (Å²) < 4.78 is 0. The number of hydrogen-bond acceptors (Lipinski definition) is 2. The Morgan fingerprint density at radius 2 is 1.94 bits per heavy atom. The molecule has 1 unspecified atom stereocenters. The van der Waals surface area contributed by atoms with Crippen LogP contribution < -0.4 is 5.32 Å². The molecule has 0 aromatic carbocycles. The highest BCUT2D eigenvalue weighted by Crippen LogP contribution is 2.31. The number of carbonyl (C=O) groups is 1. The maximum Gasteiger partial charge on any atom is 0.240 e. The Labute approximate surface area is 105 Å². The van der Waals surface area contributed by atoms with Crippen LogP contribution in [-0.2, 0) is 4.79 Å². The maximum absolute atomic E-state index is 12.5. The van der Waals surface area contributed by atoms with E-state index < -0.39 is 0 Å². The molecule has 0 radical (unpaired) electrons. The van der Waals surface area contributed by atoms with Crippen molar-refractivity contribution in [2.75, 3.05) is 19.6 Å². The third-order valence-electron chi connectivity index (χ3n) is 4.47. The average molecular weight is 238 g/mol. The quantitative estimate of drug-likeness (QED) is 0.758. The second-order valence-corrected chi connectivity index (χ2v) is 6.49. The van der Waals surface area contributed by atoms with Gasteiger partial charge in [-0.1, -0.05) is 20.8 Å². The molecule has 2 fully saturated rings. The van der Waals surface area contributed by atoms with E-state index in [-0.39, 0.29) is 11.5 Å². The molecule has 1 amide bonds. The van der Waals surface area contributed by atoms with Gasteiger partial charge >= 0.3 is 0 Å². The van der Waals surface area contributed by atoms with E-state index in [1.54, 1.807) is 0 Å². The highest BCUT2D eigenvalue weighted by molar-refractivity contribution is 5.83. The zero-order valence-electron chi connectivity index (χ0n) is 11.5. The van der Waals surface area contributed by atoms with Crippen LogP contribution in [-0.4, -0.2) is 36.5 Å². The first-order valence-electron chi connectivity index (χ1n) is 7.03. The Morgan fingerprint density at radius 3 is 2.53 bits per heavy atom. The average Bonchev–Trinajstić information content (AvgIpc) is 2.28. The zero-order chi connectivity index (χ0) is 12.5. The molecule has 3 heteroatoms. The van der Waals surface area contributed by atoms with Crippen molar-refractivity contribution in [2.45, 2.75) is 52.5 Å². The van der Waals surface area contributed by atoms with Gasteiger partial charge in [0, 0.05) is 13.1 Å².